The van der Waals surface area contributed by atoms with Crippen LogP contribution in [0.2, 0.25) is 0 Å². The molecule has 0 saturated heterocycles. The van der Waals surface area contributed by atoms with E-state index >= 15 is 0 Å². The van der Waals surface area contributed by atoms with E-state index in [0.717, 1.165) is 32.7 Å². The minimum atomic E-state index is -1.02. The fraction of sp³-hybridized carbons (Fsp3) is 0.303. The van der Waals surface area contributed by atoms with Crippen LogP contribution in [0.4, 0.5) is 9.59 Å². The number of alkyl carbamates (subject to hydrolysis) is 1. The molecule has 5 rings (SSSR count). The highest BCUT2D eigenvalue weighted by molar-refractivity contribution is 5.93. The summed E-state index contributed by atoms with van der Waals surface area (Å²) in [6, 6.07) is 22.5. The summed E-state index contributed by atoms with van der Waals surface area (Å²) in [4.78, 5) is 44.6. The number of rotatable bonds is 7. The molecule has 0 bridgehead atoms. The molecule has 0 fully saturated rings. The van der Waals surface area contributed by atoms with Crippen molar-refractivity contribution < 1.29 is 28.7 Å². The third kappa shape index (κ3) is 5.87. The predicted molar refractivity (Wildman–Crippen MR) is 159 cm³/mol. The van der Waals surface area contributed by atoms with Gasteiger partial charge in [0.25, 0.3) is 5.91 Å². The van der Waals surface area contributed by atoms with E-state index in [1.54, 1.807) is 33.0 Å². The van der Waals surface area contributed by atoms with Crippen molar-refractivity contribution in [1.29, 1.82) is 0 Å². The van der Waals surface area contributed by atoms with Gasteiger partial charge in [-0.25, -0.2) is 14.7 Å². The number of nitrogens with zero attached hydrogens (tertiary/aromatic N) is 2. The Hall–Kier alpha value is -4.63. The molecule has 1 atom stereocenters. The first-order valence-electron chi connectivity index (χ1n) is 13.8. The molecule has 0 radical (unpaired) electrons. The minimum Gasteiger partial charge on any atom is -0.449 e. The summed E-state index contributed by atoms with van der Waals surface area (Å²) in [7, 11) is 2.84. The molecular formula is C33H35N3O6. The molecule has 9 heteroatoms. The van der Waals surface area contributed by atoms with Gasteiger partial charge in [0.2, 0.25) is 0 Å². The van der Waals surface area contributed by atoms with Crippen LogP contribution in [0.5, 0.6) is 0 Å². The van der Waals surface area contributed by atoms with Gasteiger partial charge in [-0.05, 0) is 54.7 Å². The van der Waals surface area contributed by atoms with Crippen LogP contribution in [0.25, 0.3) is 22.0 Å². The molecule has 2 amide bonds. The zero-order valence-corrected chi connectivity index (χ0v) is 24.4. The summed E-state index contributed by atoms with van der Waals surface area (Å²) in [5, 5.41) is 4.55. The summed E-state index contributed by atoms with van der Waals surface area (Å²) in [5.41, 5.74) is 5.05. The van der Waals surface area contributed by atoms with E-state index in [4.69, 9.17) is 14.3 Å². The number of hydrogen-bond donors (Lipinski definition) is 1. The van der Waals surface area contributed by atoms with Crippen molar-refractivity contribution in [3.8, 4) is 11.1 Å². The number of hydrogen-bond acceptors (Lipinski definition) is 6. The Bertz CT molecular complexity index is 1590. The number of aromatic nitrogens is 1. The number of benzene rings is 3. The minimum absolute atomic E-state index is 0.0903. The lowest BCUT2D eigenvalue weighted by molar-refractivity contribution is -0.170. The van der Waals surface area contributed by atoms with Crippen LogP contribution in [0, 0.1) is 0 Å². The van der Waals surface area contributed by atoms with Gasteiger partial charge in [0.1, 0.15) is 18.2 Å². The highest BCUT2D eigenvalue weighted by atomic mass is 16.7. The third-order valence-electron chi connectivity index (χ3n) is 7.33. The van der Waals surface area contributed by atoms with Crippen molar-refractivity contribution in [2.45, 2.75) is 44.8 Å². The Balaban J connectivity index is 1.37. The molecular weight excluding hydrogens is 534 g/mol. The standard InChI is InChI=1S/C33H35N3O6/c1-33(2,3)42-32(39)36-19-21(22-12-10-11-17-29(22)36)18-28(30(37)35(4)40-5)34-31(38)41-20-27-25-15-8-6-13-23(25)24-14-7-9-16-26(24)27/h6-17,19,27-28H,18,20H2,1-5H3,(H,34,38)/t28-/m0/s1. The Kier molecular flexibility index (Phi) is 8.04. The normalized spacial score (nSPS) is 13.3. The lowest BCUT2D eigenvalue weighted by Crippen LogP contribution is -2.48. The van der Waals surface area contributed by atoms with E-state index in [0.29, 0.717) is 11.1 Å². The van der Waals surface area contributed by atoms with E-state index < -0.39 is 29.7 Å². The second-order valence-electron chi connectivity index (χ2n) is 11.3. The molecule has 0 unspecified atom stereocenters. The Morgan fingerprint density at radius 3 is 2.14 bits per heavy atom. The molecule has 0 saturated carbocycles. The molecule has 0 aliphatic heterocycles. The van der Waals surface area contributed by atoms with Crippen molar-refractivity contribution in [2.24, 2.45) is 0 Å². The molecule has 42 heavy (non-hydrogen) atoms. The van der Waals surface area contributed by atoms with Crippen molar-refractivity contribution >= 4 is 29.0 Å². The maximum absolute atomic E-state index is 13.3. The van der Waals surface area contributed by atoms with Crippen LogP contribution >= 0.6 is 0 Å². The molecule has 218 valence electrons. The molecule has 4 aromatic rings. The number of para-hydroxylation sites is 1. The van der Waals surface area contributed by atoms with Gasteiger partial charge in [0.05, 0.1) is 12.6 Å². The molecule has 1 aliphatic rings. The lowest BCUT2D eigenvalue weighted by Gasteiger charge is -2.23. The molecule has 9 nitrogen and oxygen atoms in total. The van der Waals surface area contributed by atoms with Gasteiger partial charge in [0.15, 0.2) is 0 Å². The monoisotopic (exact) mass is 569 g/mol. The van der Waals surface area contributed by atoms with Gasteiger partial charge in [0, 0.05) is 31.0 Å². The second-order valence-corrected chi connectivity index (χ2v) is 11.3. The fourth-order valence-corrected chi connectivity index (χ4v) is 5.39. The summed E-state index contributed by atoms with van der Waals surface area (Å²) < 4.78 is 12.7. The van der Waals surface area contributed by atoms with E-state index in [1.165, 1.54) is 18.7 Å². The zero-order chi connectivity index (χ0) is 30.0. The largest absolute Gasteiger partial charge is 0.449 e. The Labute approximate surface area is 244 Å². The highest BCUT2D eigenvalue weighted by Gasteiger charge is 2.31. The first-order valence-corrected chi connectivity index (χ1v) is 13.8. The fourth-order valence-electron chi connectivity index (χ4n) is 5.39. The van der Waals surface area contributed by atoms with Crippen LogP contribution < -0.4 is 5.32 Å². The number of fused-ring (bicyclic) bond motifs is 4. The number of ether oxygens (including phenoxy) is 2. The van der Waals surface area contributed by atoms with Crippen molar-refractivity contribution in [1.82, 2.24) is 14.9 Å². The van der Waals surface area contributed by atoms with Crippen LogP contribution in [0.1, 0.15) is 43.4 Å². The SMILES string of the molecule is CON(C)C(=O)[C@H](Cc1cn(C(=O)OC(C)(C)C)c2ccccc12)NC(=O)OCC1c2ccccc2-c2ccccc21. The maximum atomic E-state index is 13.3. The van der Waals surface area contributed by atoms with Gasteiger partial charge in [-0.2, -0.15) is 0 Å². The van der Waals surface area contributed by atoms with Crippen LogP contribution in [-0.4, -0.2) is 60.1 Å². The number of carbonyl (C=O) groups excluding carboxylic acids is 3. The smallest absolute Gasteiger partial charge is 0.419 e. The molecule has 1 aliphatic carbocycles. The Morgan fingerprint density at radius 2 is 1.52 bits per heavy atom. The maximum Gasteiger partial charge on any atom is 0.419 e. The average molecular weight is 570 g/mol. The van der Waals surface area contributed by atoms with Gasteiger partial charge in [-0.3, -0.25) is 14.2 Å². The number of likely N-dealkylation sites (N-methyl/N-ethyl adjacent to an activating group) is 1. The van der Waals surface area contributed by atoms with Gasteiger partial charge < -0.3 is 14.8 Å². The quantitative estimate of drug-likeness (QED) is 0.279. The lowest BCUT2D eigenvalue weighted by atomic mass is 9.98. The van der Waals surface area contributed by atoms with Crippen LogP contribution in [-0.2, 0) is 25.5 Å². The van der Waals surface area contributed by atoms with E-state index in [-0.39, 0.29) is 18.9 Å². The predicted octanol–water partition coefficient (Wildman–Crippen LogP) is 5.89. The van der Waals surface area contributed by atoms with Gasteiger partial charge >= 0.3 is 12.2 Å². The molecule has 1 N–H and O–H groups in total. The Morgan fingerprint density at radius 1 is 0.929 bits per heavy atom. The first-order chi connectivity index (χ1) is 20.1. The molecule has 1 heterocycles. The van der Waals surface area contributed by atoms with Crippen molar-refractivity contribution in [3.63, 3.8) is 0 Å². The third-order valence-corrected chi connectivity index (χ3v) is 7.33. The first kappa shape index (κ1) is 28.9. The van der Waals surface area contributed by atoms with Crippen LogP contribution in [0.15, 0.2) is 79.0 Å². The summed E-state index contributed by atoms with van der Waals surface area (Å²) in [5.74, 6) is -0.592. The topological polar surface area (TPSA) is 99.1 Å². The van der Waals surface area contributed by atoms with Gasteiger partial charge in [-0.1, -0.05) is 66.7 Å². The second kappa shape index (κ2) is 11.7. The molecule has 3 aromatic carbocycles. The number of amides is 2. The van der Waals surface area contributed by atoms with Crippen molar-refractivity contribution in [3.05, 3.63) is 95.7 Å². The number of carbonyl (C=O) groups is 3. The molecule has 0 spiro atoms. The van der Waals surface area contributed by atoms with E-state index in [1.807, 2.05) is 54.6 Å². The summed E-state index contributed by atoms with van der Waals surface area (Å²) >= 11 is 0. The van der Waals surface area contributed by atoms with Crippen LogP contribution in [0.3, 0.4) is 0 Å². The number of nitrogens with one attached hydrogen (secondary N) is 1. The van der Waals surface area contributed by atoms with Crippen molar-refractivity contribution in [2.75, 3.05) is 20.8 Å². The number of hydroxylamine groups is 2. The summed E-state index contributed by atoms with van der Waals surface area (Å²) in [6.45, 7) is 5.50. The average Bonchev–Trinajstić information content (AvgIpc) is 3.50. The molecule has 1 aromatic heterocycles. The summed E-state index contributed by atoms with van der Waals surface area (Å²) in [6.07, 6.45) is 0.472. The van der Waals surface area contributed by atoms with Gasteiger partial charge in [-0.15, -0.1) is 0 Å². The highest BCUT2D eigenvalue weighted by Crippen LogP contribution is 2.44. The van der Waals surface area contributed by atoms with E-state index in [2.05, 4.69) is 17.4 Å². The zero-order valence-electron chi connectivity index (χ0n) is 24.4. The van der Waals surface area contributed by atoms with E-state index in [9.17, 15) is 14.4 Å².